The Morgan fingerprint density at radius 3 is 2.44 bits per heavy atom. The number of fused-ring (bicyclic) bond motifs is 1. The number of hydrogen-bond acceptors (Lipinski definition) is 7. The predicted octanol–water partition coefficient (Wildman–Crippen LogP) is 2.12. The second-order valence-electron chi connectivity index (χ2n) is 5.84. The number of anilines is 2. The van der Waals surface area contributed by atoms with Crippen molar-refractivity contribution in [3.63, 3.8) is 0 Å². The zero-order chi connectivity index (χ0) is 19.8. The molecule has 9 heteroatoms. The van der Waals surface area contributed by atoms with E-state index < -0.39 is 10.1 Å². The molecule has 0 radical (unpaired) electrons. The highest BCUT2D eigenvalue weighted by molar-refractivity contribution is 7.86. The Labute approximate surface area is 156 Å². The van der Waals surface area contributed by atoms with Gasteiger partial charge in [-0.05, 0) is 30.3 Å². The summed E-state index contributed by atoms with van der Waals surface area (Å²) in [6, 6.07) is 8.09. The molecule has 0 aliphatic carbocycles. The molecular formula is C18H18N2O6S. The number of nitrogens with one attached hydrogen (secondary N) is 1. The van der Waals surface area contributed by atoms with Crippen LogP contribution in [0.5, 0.6) is 17.2 Å². The van der Waals surface area contributed by atoms with Gasteiger partial charge in [0, 0.05) is 22.8 Å². The largest absolute Gasteiger partial charge is 0.497 e. The van der Waals surface area contributed by atoms with Crippen molar-refractivity contribution in [3.8, 4) is 17.2 Å². The van der Waals surface area contributed by atoms with Gasteiger partial charge in [0.2, 0.25) is 0 Å². The summed E-state index contributed by atoms with van der Waals surface area (Å²) in [5.74, 6) is 0.773. The Morgan fingerprint density at radius 1 is 1.07 bits per heavy atom. The lowest BCUT2D eigenvalue weighted by Gasteiger charge is -2.09. The summed E-state index contributed by atoms with van der Waals surface area (Å²) in [5, 5.41) is 2.68. The molecule has 0 unspecified atom stereocenters. The minimum Gasteiger partial charge on any atom is -0.497 e. The van der Waals surface area contributed by atoms with Gasteiger partial charge >= 0.3 is 10.1 Å². The first-order valence-electron chi connectivity index (χ1n) is 7.80. The fourth-order valence-electron chi connectivity index (χ4n) is 2.72. The zero-order valence-corrected chi connectivity index (χ0v) is 15.7. The van der Waals surface area contributed by atoms with Crippen LogP contribution in [0.1, 0.15) is 11.1 Å². The molecular weight excluding hydrogens is 372 g/mol. The number of hydrogen-bond donors (Lipinski definition) is 2. The summed E-state index contributed by atoms with van der Waals surface area (Å²) >= 11 is 0. The molecule has 2 aromatic rings. The van der Waals surface area contributed by atoms with E-state index in [2.05, 4.69) is 5.32 Å². The highest BCUT2D eigenvalue weighted by Gasteiger charge is 2.27. The number of carbonyl (C=O) groups is 1. The van der Waals surface area contributed by atoms with E-state index >= 15 is 0 Å². The maximum atomic E-state index is 12.4. The van der Waals surface area contributed by atoms with E-state index in [1.807, 2.05) is 0 Å². The molecule has 1 aliphatic heterocycles. The van der Waals surface area contributed by atoms with E-state index in [9.17, 15) is 13.2 Å². The molecule has 2 aromatic carbocycles. The van der Waals surface area contributed by atoms with Crippen molar-refractivity contribution in [2.45, 2.75) is 0 Å². The molecule has 0 saturated carbocycles. The molecule has 1 aliphatic rings. The fourth-order valence-corrected chi connectivity index (χ4v) is 3.19. The van der Waals surface area contributed by atoms with Crippen molar-refractivity contribution in [2.75, 3.05) is 31.5 Å². The third-order valence-electron chi connectivity index (χ3n) is 3.91. The second-order valence-corrected chi connectivity index (χ2v) is 7.42. The number of rotatable bonds is 5. The number of nitrogens with two attached hydrogens (primary N) is 1. The highest BCUT2D eigenvalue weighted by Crippen LogP contribution is 2.40. The number of ether oxygens (including phenoxy) is 2. The Morgan fingerprint density at radius 2 is 1.81 bits per heavy atom. The van der Waals surface area contributed by atoms with Crippen LogP contribution in [0.4, 0.5) is 11.4 Å². The molecule has 0 fully saturated rings. The van der Waals surface area contributed by atoms with Crippen LogP contribution in [0.25, 0.3) is 11.6 Å². The third-order valence-corrected chi connectivity index (χ3v) is 4.39. The van der Waals surface area contributed by atoms with Gasteiger partial charge in [-0.15, -0.1) is 0 Å². The van der Waals surface area contributed by atoms with E-state index in [0.717, 1.165) is 6.26 Å². The monoisotopic (exact) mass is 390 g/mol. The van der Waals surface area contributed by atoms with Crippen LogP contribution in [0.15, 0.2) is 30.3 Å². The molecule has 142 valence electrons. The zero-order valence-electron chi connectivity index (χ0n) is 14.9. The Balaban J connectivity index is 2.10. The number of methoxy groups -OCH3 is 2. The van der Waals surface area contributed by atoms with Gasteiger partial charge in [0.25, 0.3) is 5.91 Å². The minimum atomic E-state index is -3.75. The number of carbonyl (C=O) groups excluding carboxylic acids is 1. The molecule has 3 rings (SSSR count). The first-order valence-corrected chi connectivity index (χ1v) is 9.62. The van der Waals surface area contributed by atoms with Crippen molar-refractivity contribution < 1.29 is 26.9 Å². The lowest BCUT2D eigenvalue weighted by atomic mass is 10.0. The number of benzene rings is 2. The molecule has 0 atom stereocenters. The average molecular weight is 390 g/mol. The van der Waals surface area contributed by atoms with Gasteiger partial charge in [0.15, 0.2) is 5.75 Å². The normalized spacial score (nSPS) is 14.6. The summed E-state index contributed by atoms with van der Waals surface area (Å²) < 4.78 is 38.1. The van der Waals surface area contributed by atoms with E-state index in [1.165, 1.54) is 19.2 Å². The smallest absolute Gasteiger partial charge is 0.306 e. The predicted molar refractivity (Wildman–Crippen MR) is 102 cm³/mol. The van der Waals surface area contributed by atoms with Crippen LogP contribution in [-0.2, 0) is 14.9 Å². The molecule has 1 amide bonds. The van der Waals surface area contributed by atoms with E-state index in [-0.39, 0.29) is 17.3 Å². The lowest BCUT2D eigenvalue weighted by molar-refractivity contribution is -0.110. The summed E-state index contributed by atoms with van der Waals surface area (Å²) in [6.07, 6.45) is 2.57. The van der Waals surface area contributed by atoms with Crippen LogP contribution < -0.4 is 24.7 Å². The van der Waals surface area contributed by atoms with Crippen LogP contribution in [-0.4, -0.2) is 34.8 Å². The lowest BCUT2D eigenvalue weighted by Crippen LogP contribution is -2.08. The molecule has 27 heavy (non-hydrogen) atoms. The molecule has 0 bridgehead atoms. The van der Waals surface area contributed by atoms with Gasteiger partial charge in [-0.2, -0.15) is 8.42 Å². The molecule has 0 saturated heterocycles. The van der Waals surface area contributed by atoms with Crippen molar-refractivity contribution in [3.05, 3.63) is 41.5 Å². The molecule has 0 aromatic heterocycles. The van der Waals surface area contributed by atoms with Gasteiger partial charge in [-0.1, -0.05) is 0 Å². The van der Waals surface area contributed by atoms with Gasteiger partial charge in [0.1, 0.15) is 11.5 Å². The van der Waals surface area contributed by atoms with Crippen molar-refractivity contribution in [1.29, 1.82) is 0 Å². The van der Waals surface area contributed by atoms with Crippen molar-refractivity contribution in [2.24, 2.45) is 0 Å². The summed E-state index contributed by atoms with van der Waals surface area (Å²) in [6.45, 7) is 0. The topological polar surface area (TPSA) is 117 Å². The minimum absolute atomic E-state index is 0.0447. The first kappa shape index (κ1) is 18.6. The fraction of sp³-hybridized carbons (Fsp3) is 0.167. The number of amides is 1. The van der Waals surface area contributed by atoms with Crippen LogP contribution in [0.2, 0.25) is 0 Å². The average Bonchev–Trinajstić information content (AvgIpc) is 2.89. The molecule has 1 heterocycles. The molecule has 3 N–H and O–H groups in total. The molecule has 8 nitrogen and oxygen atoms in total. The summed E-state index contributed by atoms with van der Waals surface area (Å²) in [5.41, 5.74) is 7.93. The highest BCUT2D eigenvalue weighted by atomic mass is 32.2. The third kappa shape index (κ3) is 3.82. The standard InChI is InChI=1S/C18H18N2O6S/c1-24-11-4-5-16(25-2)10(6-11)7-13-12-8-14(19)17(26-27(3,22)23)9-15(12)20-18(13)21/h4-9H,19H2,1-3H3,(H,20,21)/b13-7+. The van der Waals surface area contributed by atoms with Gasteiger partial charge in [0.05, 0.1) is 31.9 Å². The Hall–Kier alpha value is -3.20. The van der Waals surface area contributed by atoms with Crippen LogP contribution in [0, 0.1) is 0 Å². The Kier molecular flexibility index (Phi) is 4.71. The summed E-state index contributed by atoms with van der Waals surface area (Å²) in [7, 11) is -0.678. The van der Waals surface area contributed by atoms with E-state index in [0.29, 0.717) is 33.9 Å². The van der Waals surface area contributed by atoms with Crippen molar-refractivity contribution in [1.82, 2.24) is 0 Å². The van der Waals surface area contributed by atoms with Crippen LogP contribution in [0.3, 0.4) is 0 Å². The SMILES string of the molecule is COc1ccc(OC)c(/C=C2/C(=O)Nc3cc(OS(C)(=O)=O)c(N)cc32)c1. The Bertz CT molecular complexity index is 1060. The maximum absolute atomic E-state index is 12.4. The summed E-state index contributed by atoms with van der Waals surface area (Å²) in [4.78, 5) is 12.4. The first-order chi connectivity index (χ1) is 12.7. The maximum Gasteiger partial charge on any atom is 0.306 e. The van der Waals surface area contributed by atoms with E-state index in [4.69, 9.17) is 19.4 Å². The van der Waals surface area contributed by atoms with E-state index in [1.54, 1.807) is 31.4 Å². The number of nitrogen functional groups attached to an aromatic ring is 1. The van der Waals surface area contributed by atoms with Gasteiger partial charge in [-0.25, -0.2) is 0 Å². The van der Waals surface area contributed by atoms with Gasteiger partial charge in [-0.3, -0.25) is 4.79 Å². The van der Waals surface area contributed by atoms with Gasteiger partial charge < -0.3 is 24.7 Å². The second kappa shape index (κ2) is 6.84. The molecule has 0 spiro atoms. The van der Waals surface area contributed by atoms with Crippen LogP contribution >= 0.6 is 0 Å². The van der Waals surface area contributed by atoms with Crippen molar-refractivity contribution >= 4 is 39.0 Å². The quantitative estimate of drug-likeness (QED) is 0.456.